The van der Waals surface area contributed by atoms with Gasteiger partial charge in [0.25, 0.3) is 0 Å². The van der Waals surface area contributed by atoms with Gasteiger partial charge in [0.05, 0.1) is 24.3 Å². The van der Waals surface area contributed by atoms with Crippen molar-refractivity contribution in [1.29, 1.82) is 0 Å². The van der Waals surface area contributed by atoms with Crippen LogP contribution in [-0.2, 0) is 15.4 Å². The molecule has 270 valence electrons. The van der Waals surface area contributed by atoms with Crippen LogP contribution in [0.15, 0.2) is 55.0 Å². The molecule has 0 bridgehead atoms. The maximum Gasteiger partial charge on any atom is 0.573 e. The minimum Gasteiger partial charge on any atom is -0.416 e. The van der Waals surface area contributed by atoms with Gasteiger partial charge in [-0.05, 0) is 72.5 Å². The normalized spacial score (nSPS) is 20.8. The van der Waals surface area contributed by atoms with E-state index in [4.69, 9.17) is 8.85 Å². The van der Waals surface area contributed by atoms with Gasteiger partial charge >= 0.3 is 6.36 Å². The first-order valence-corrected chi connectivity index (χ1v) is 22.4. The van der Waals surface area contributed by atoms with E-state index in [1.54, 1.807) is 18.3 Å². The maximum absolute atomic E-state index is 16.5. The van der Waals surface area contributed by atoms with E-state index in [-0.39, 0.29) is 39.5 Å². The average molecular weight is 723 g/mol. The Morgan fingerprint density at radius 1 is 1.00 bits per heavy atom. The lowest BCUT2D eigenvalue weighted by Gasteiger charge is -2.41. The summed E-state index contributed by atoms with van der Waals surface area (Å²) in [4.78, 5) is 17.9. The van der Waals surface area contributed by atoms with Gasteiger partial charge < -0.3 is 18.9 Å². The van der Waals surface area contributed by atoms with Crippen LogP contribution in [0.1, 0.15) is 69.6 Å². The molecule has 8 nitrogen and oxygen atoms in total. The first-order chi connectivity index (χ1) is 22.5. The van der Waals surface area contributed by atoms with Gasteiger partial charge in [-0.1, -0.05) is 53.7 Å². The Bertz CT molecular complexity index is 1600. The summed E-state index contributed by atoms with van der Waals surface area (Å²) in [5.41, 5.74) is 1.27. The lowest BCUT2D eigenvalue weighted by molar-refractivity contribution is -0.274. The van der Waals surface area contributed by atoms with Gasteiger partial charge in [0, 0.05) is 36.8 Å². The van der Waals surface area contributed by atoms with Crippen molar-refractivity contribution >= 4 is 28.1 Å². The Hall–Kier alpha value is -3.08. The number of nitrogens with zero attached hydrogens (tertiary/aromatic N) is 3. The zero-order chi connectivity index (χ0) is 36.6. The number of halogens is 4. The van der Waals surface area contributed by atoms with Crippen LogP contribution in [0.5, 0.6) is 5.75 Å². The number of ketones is 1. The molecule has 1 saturated carbocycles. The highest BCUT2D eigenvalue weighted by Gasteiger charge is 2.50. The largest absolute Gasteiger partial charge is 0.573 e. The SMILES string of the molecule is CC(C)(C)[Si](C)(C)OC[C@H]1C[C@@H](Nc2ccncc2C(=O)c2ccn(Cc3cccc(OC(F)(F)F)c3)n2)[C@@H](F)[C@@H]1O[Si](C)(C)C(C)(C)C. The lowest BCUT2D eigenvalue weighted by atomic mass is 10.1. The van der Waals surface area contributed by atoms with E-state index in [0.717, 1.165) is 0 Å². The third-order valence-corrected chi connectivity index (χ3v) is 19.2. The van der Waals surface area contributed by atoms with E-state index in [1.807, 2.05) is 0 Å². The summed E-state index contributed by atoms with van der Waals surface area (Å²) in [6, 6.07) is 8.10. The summed E-state index contributed by atoms with van der Waals surface area (Å²) in [5, 5.41) is 7.57. The topological polar surface area (TPSA) is 87.5 Å². The monoisotopic (exact) mass is 722 g/mol. The molecule has 2 aromatic heterocycles. The molecule has 0 radical (unpaired) electrons. The molecule has 1 N–H and O–H groups in total. The van der Waals surface area contributed by atoms with Crippen molar-refractivity contribution in [1.82, 2.24) is 14.8 Å². The molecule has 1 fully saturated rings. The van der Waals surface area contributed by atoms with Gasteiger partial charge in [-0.3, -0.25) is 14.5 Å². The van der Waals surface area contributed by atoms with Gasteiger partial charge in [0.2, 0.25) is 5.78 Å². The van der Waals surface area contributed by atoms with Crippen molar-refractivity contribution in [2.24, 2.45) is 5.92 Å². The average Bonchev–Trinajstić information content (AvgIpc) is 3.54. The molecule has 0 saturated heterocycles. The van der Waals surface area contributed by atoms with Gasteiger partial charge in [-0.2, -0.15) is 5.10 Å². The third kappa shape index (κ3) is 9.59. The number of hydrogen-bond acceptors (Lipinski definition) is 7. The number of carbonyl (C=O) groups is 1. The maximum atomic E-state index is 16.5. The lowest BCUT2D eigenvalue weighted by Crippen LogP contribution is -2.49. The fourth-order valence-electron chi connectivity index (χ4n) is 5.23. The van der Waals surface area contributed by atoms with Crippen LogP contribution in [0.3, 0.4) is 0 Å². The first-order valence-electron chi connectivity index (χ1n) is 16.6. The minimum atomic E-state index is -4.81. The molecule has 4 atom stereocenters. The third-order valence-electron chi connectivity index (χ3n) is 10.2. The zero-order valence-electron chi connectivity index (χ0n) is 30.1. The summed E-state index contributed by atoms with van der Waals surface area (Å²) in [6.45, 7) is 22.0. The molecule has 0 aliphatic heterocycles. The van der Waals surface area contributed by atoms with E-state index >= 15 is 4.39 Å². The number of carbonyl (C=O) groups excluding carboxylic acids is 1. The number of alkyl halides is 4. The summed E-state index contributed by atoms with van der Waals surface area (Å²) < 4.78 is 73.4. The molecule has 1 aliphatic carbocycles. The van der Waals surface area contributed by atoms with Crippen LogP contribution < -0.4 is 10.1 Å². The van der Waals surface area contributed by atoms with E-state index in [0.29, 0.717) is 24.3 Å². The Balaban J connectivity index is 1.53. The summed E-state index contributed by atoms with van der Waals surface area (Å²) in [7, 11) is -4.46. The van der Waals surface area contributed by atoms with E-state index in [2.05, 4.69) is 87.9 Å². The van der Waals surface area contributed by atoms with Crippen LogP contribution >= 0.6 is 0 Å². The van der Waals surface area contributed by atoms with Crippen molar-refractivity contribution in [3.05, 3.63) is 71.8 Å². The van der Waals surface area contributed by atoms with Crippen LogP contribution in [0.4, 0.5) is 23.2 Å². The predicted molar refractivity (Wildman–Crippen MR) is 188 cm³/mol. The number of rotatable bonds is 12. The van der Waals surface area contributed by atoms with Crippen molar-refractivity contribution in [3.63, 3.8) is 0 Å². The second-order valence-corrected chi connectivity index (χ2v) is 25.5. The molecule has 1 aromatic carbocycles. The van der Waals surface area contributed by atoms with Crippen LogP contribution in [-0.4, -0.2) is 68.5 Å². The minimum absolute atomic E-state index is 0.000985. The Morgan fingerprint density at radius 2 is 1.67 bits per heavy atom. The van der Waals surface area contributed by atoms with Crippen LogP contribution in [0.2, 0.25) is 36.3 Å². The number of nitrogens with one attached hydrogen (secondary N) is 1. The van der Waals surface area contributed by atoms with E-state index in [9.17, 15) is 18.0 Å². The van der Waals surface area contributed by atoms with Gasteiger partial charge in [0.15, 0.2) is 16.6 Å². The summed E-state index contributed by atoms with van der Waals surface area (Å²) in [5.74, 6) is -0.959. The quantitative estimate of drug-likeness (QED) is 0.113. The fourth-order valence-corrected chi connectivity index (χ4v) is 7.65. The molecule has 14 heteroatoms. The molecule has 0 unspecified atom stereocenters. The number of aromatic nitrogens is 3. The number of pyridine rings is 1. The Labute approximate surface area is 289 Å². The number of hydrogen-bond donors (Lipinski definition) is 1. The highest BCUT2D eigenvalue weighted by molar-refractivity contribution is 6.74. The van der Waals surface area contributed by atoms with E-state index < -0.39 is 47.1 Å². The van der Waals surface area contributed by atoms with Crippen molar-refractivity contribution < 1.29 is 35.9 Å². The molecule has 49 heavy (non-hydrogen) atoms. The molecular weight excluding hydrogens is 673 g/mol. The molecule has 0 amide bonds. The smallest absolute Gasteiger partial charge is 0.416 e. The Morgan fingerprint density at radius 3 is 2.31 bits per heavy atom. The number of ether oxygens (including phenoxy) is 1. The van der Waals surface area contributed by atoms with E-state index in [1.165, 1.54) is 41.3 Å². The van der Waals surface area contributed by atoms with Gasteiger partial charge in [0.1, 0.15) is 17.6 Å². The molecule has 3 aromatic rings. The van der Waals surface area contributed by atoms with Crippen molar-refractivity contribution in [2.45, 2.75) is 115 Å². The van der Waals surface area contributed by atoms with Crippen LogP contribution in [0.25, 0.3) is 0 Å². The molecular formula is C35H50F4N4O4Si2. The first kappa shape index (κ1) is 38.7. The fraction of sp³-hybridized carbons (Fsp3) is 0.571. The van der Waals surface area contributed by atoms with Crippen molar-refractivity contribution in [2.75, 3.05) is 11.9 Å². The highest BCUT2D eigenvalue weighted by Crippen LogP contribution is 2.44. The van der Waals surface area contributed by atoms with Crippen molar-refractivity contribution in [3.8, 4) is 5.75 Å². The summed E-state index contributed by atoms with van der Waals surface area (Å²) >= 11 is 0. The van der Waals surface area contributed by atoms with Gasteiger partial charge in [-0.15, -0.1) is 13.2 Å². The molecule has 2 heterocycles. The standard InChI is InChI=1S/C35H50F4N4O4Si2/c1-33(2,3)48(7,8)45-22-24-19-29(30(36)32(24)47-49(9,10)34(4,5)6)41-27-14-16-40-20-26(27)31(44)28-15-17-43(42-28)21-23-12-11-13-25(18-23)46-35(37,38)39/h11-18,20,24,29-30,32H,19,21-22H2,1-10H3,(H,40,41)/t24-,29-,30-,32-/m1/s1. The summed E-state index contributed by atoms with van der Waals surface area (Å²) in [6.07, 6.45) is -1.84. The number of anilines is 1. The second kappa shape index (κ2) is 14.3. The molecule has 4 rings (SSSR count). The molecule has 0 spiro atoms. The predicted octanol–water partition coefficient (Wildman–Crippen LogP) is 9.01. The zero-order valence-corrected chi connectivity index (χ0v) is 32.1. The second-order valence-electron chi connectivity index (χ2n) is 15.9. The molecule has 1 aliphatic rings. The number of benzene rings is 1. The Kier molecular flexibility index (Phi) is 11.3. The highest BCUT2D eigenvalue weighted by atomic mass is 28.4. The van der Waals surface area contributed by atoms with Crippen LogP contribution in [0, 0.1) is 5.92 Å². The van der Waals surface area contributed by atoms with Gasteiger partial charge in [-0.25, -0.2) is 4.39 Å².